The van der Waals surface area contributed by atoms with Gasteiger partial charge in [-0.2, -0.15) is 0 Å². The van der Waals surface area contributed by atoms with Crippen LogP contribution < -0.4 is 5.73 Å². The minimum absolute atomic E-state index is 0.378. The van der Waals surface area contributed by atoms with Crippen molar-refractivity contribution in [3.63, 3.8) is 0 Å². The lowest BCUT2D eigenvalue weighted by atomic mass is 9.89. The highest BCUT2D eigenvalue weighted by molar-refractivity contribution is 5.24. The summed E-state index contributed by atoms with van der Waals surface area (Å²) in [4.78, 5) is 2.60. The third kappa shape index (κ3) is 2.76. The molecule has 0 amide bonds. The van der Waals surface area contributed by atoms with Crippen molar-refractivity contribution >= 4 is 0 Å². The van der Waals surface area contributed by atoms with Crippen LogP contribution >= 0.6 is 0 Å². The van der Waals surface area contributed by atoms with Crippen molar-refractivity contribution in [3.8, 4) is 0 Å². The Morgan fingerprint density at radius 1 is 1.28 bits per heavy atom. The van der Waals surface area contributed by atoms with Crippen molar-refractivity contribution in [3.05, 3.63) is 35.4 Å². The average molecular weight is 246 g/mol. The second-order valence-electron chi connectivity index (χ2n) is 5.76. The van der Waals surface area contributed by atoms with Crippen molar-refractivity contribution in [1.82, 2.24) is 4.90 Å². The molecule has 1 aromatic carbocycles. The molecular formula is C16H26N2. The Morgan fingerprint density at radius 3 is 2.56 bits per heavy atom. The van der Waals surface area contributed by atoms with Gasteiger partial charge in [0.15, 0.2) is 0 Å². The zero-order chi connectivity index (χ0) is 13.1. The molecule has 1 aliphatic rings. The maximum atomic E-state index is 6.04. The number of nitrogens with zero attached hydrogens (tertiary/aromatic N) is 1. The van der Waals surface area contributed by atoms with E-state index in [9.17, 15) is 0 Å². The first-order valence-electron chi connectivity index (χ1n) is 7.16. The Kier molecular flexibility index (Phi) is 4.41. The van der Waals surface area contributed by atoms with Crippen LogP contribution in [0.2, 0.25) is 0 Å². The molecule has 1 fully saturated rings. The SMILES string of the molecule is Cc1ccc(C(CN)N2CCCC(C)C2C)cc1. The highest BCUT2D eigenvalue weighted by Gasteiger charge is 2.30. The van der Waals surface area contributed by atoms with Gasteiger partial charge in [0.05, 0.1) is 0 Å². The number of piperidine rings is 1. The predicted octanol–water partition coefficient (Wildman–Crippen LogP) is 3.12. The number of hydrogen-bond acceptors (Lipinski definition) is 2. The van der Waals surface area contributed by atoms with Crippen LogP contribution in [0.5, 0.6) is 0 Å². The molecule has 2 nitrogen and oxygen atoms in total. The number of rotatable bonds is 3. The van der Waals surface area contributed by atoms with E-state index in [2.05, 4.69) is 49.9 Å². The fourth-order valence-corrected chi connectivity index (χ4v) is 3.06. The van der Waals surface area contributed by atoms with Crippen LogP contribution in [0.1, 0.15) is 43.9 Å². The number of aryl methyl sites for hydroxylation is 1. The molecule has 2 heteroatoms. The normalized spacial score (nSPS) is 27.1. The maximum Gasteiger partial charge on any atom is 0.0473 e. The Labute approximate surface area is 111 Å². The van der Waals surface area contributed by atoms with Crippen molar-refractivity contribution in [1.29, 1.82) is 0 Å². The van der Waals surface area contributed by atoms with Crippen LogP contribution in [0.4, 0.5) is 0 Å². The van der Waals surface area contributed by atoms with Gasteiger partial charge in [0, 0.05) is 18.6 Å². The summed E-state index contributed by atoms with van der Waals surface area (Å²) >= 11 is 0. The smallest absolute Gasteiger partial charge is 0.0473 e. The van der Waals surface area contributed by atoms with Crippen LogP contribution in [0.25, 0.3) is 0 Å². The topological polar surface area (TPSA) is 29.3 Å². The molecule has 0 saturated carbocycles. The Hall–Kier alpha value is -0.860. The monoisotopic (exact) mass is 246 g/mol. The lowest BCUT2D eigenvalue weighted by Gasteiger charge is -2.42. The summed E-state index contributed by atoms with van der Waals surface area (Å²) in [6.07, 6.45) is 2.65. The molecule has 0 aliphatic carbocycles. The fourth-order valence-electron chi connectivity index (χ4n) is 3.06. The fraction of sp³-hybridized carbons (Fsp3) is 0.625. The van der Waals surface area contributed by atoms with Crippen LogP contribution in [0, 0.1) is 12.8 Å². The minimum atomic E-state index is 0.378. The summed E-state index contributed by atoms with van der Waals surface area (Å²) in [5.41, 5.74) is 8.72. The number of likely N-dealkylation sites (tertiary alicyclic amines) is 1. The first kappa shape index (κ1) is 13.6. The van der Waals surface area contributed by atoms with Crippen molar-refractivity contribution in [2.75, 3.05) is 13.1 Å². The molecule has 100 valence electrons. The van der Waals surface area contributed by atoms with Crippen molar-refractivity contribution in [2.45, 2.75) is 45.7 Å². The number of hydrogen-bond donors (Lipinski definition) is 1. The summed E-state index contributed by atoms with van der Waals surface area (Å²) in [6.45, 7) is 8.73. The van der Waals surface area contributed by atoms with E-state index in [1.165, 1.54) is 30.5 Å². The molecular weight excluding hydrogens is 220 g/mol. The van der Waals surface area contributed by atoms with Gasteiger partial charge in [0.2, 0.25) is 0 Å². The second kappa shape index (κ2) is 5.85. The highest BCUT2D eigenvalue weighted by atomic mass is 15.2. The lowest BCUT2D eigenvalue weighted by molar-refractivity contribution is 0.0710. The van der Waals surface area contributed by atoms with Crippen LogP contribution in [0.15, 0.2) is 24.3 Å². The molecule has 0 bridgehead atoms. The third-order valence-electron chi connectivity index (χ3n) is 4.51. The first-order valence-corrected chi connectivity index (χ1v) is 7.16. The van der Waals surface area contributed by atoms with E-state index in [-0.39, 0.29) is 0 Å². The first-order chi connectivity index (χ1) is 8.63. The largest absolute Gasteiger partial charge is 0.329 e. The van der Waals surface area contributed by atoms with E-state index >= 15 is 0 Å². The van der Waals surface area contributed by atoms with Crippen LogP contribution in [0.3, 0.4) is 0 Å². The van der Waals surface area contributed by atoms with Crippen LogP contribution in [-0.2, 0) is 0 Å². The molecule has 2 N–H and O–H groups in total. The van der Waals surface area contributed by atoms with Gasteiger partial charge in [-0.3, -0.25) is 4.90 Å². The molecule has 0 radical (unpaired) electrons. The number of nitrogens with two attached hydrogens (primary N) is 1. The van der Waals surface area contributed by atoms with Gasteiger partial charge in [-0.25, -0.2) is 0 Å². The standard InChI is InChI=1S/C16H26N2/c1-12-6-8-15(9-7-12)16(11-17)18-10-4-5-13(2)14(18)3/h6-9,13-14,16H,4-5,10-11,17H2,1-3H3. The minimum Gasteiger partial charge on any atom is -0.329 e. The maximum absolute atomic E-state index is 6.04. The van der Waals surface area contributed by atoms with Crippen molar-refractivity contribution < 1.29 is 0 Å². The molecule has 1 heterocycles. The van der Waals surface area contributed by atoms with E-state index in [4.69, 9.17) is 5.73 Å². The second-order valence-corrected chi connectivity index (χ2v) is 5.76. The van der Waals surface area contributed by atoms with Crippen molar-refractivity contribution in [2.24, 2.45) is 11.7 Å². The molecule has 1 saturated heterocycles. The molecule has 18 heavy (non-hydrogen) atoms. The molecule has 0 spiro atoms. The van der Waals surface area contributed by atoms with E-state index in [0.717, 1.165) is 5.92 Å². The summed E-state index contributed by atoms with van der Waals surface area (Å²) in [6, 6.07) is 9.86. The van der Waals surface area contributed by atoms with E-state index < -0.39 is 0 Å². The third-order valence-corrected chi connectivity index (χ3v) is 4.51. The summed E-state index contributed by atoms with van der Waals surface area (Å²) < 4.78 is 0. The van der Waals surface area contributed by atoms with E-state index in [1.807, 2.05) is 0 Å². The molecule has 2 rings (SSSR count). The Balaban J connectivity index is 2.19. The molecule has 1 aliphatic heterocycles. The zero-order valence-corrected chi connectivity index (χ0v) is 11.9. The van der Waals surface area contributed by atoms with Gasteiger partial charge in [0.25, 0.3) is 0 Å². The van der Waals surface area contributed by atoms with Crippen LogP contribution in [-0.4, -0.2) is 24.0 Å². The van der Waals surface area contributed by atoms with Gasteiger partial charge in [-0.05, 0) is 44.7 Å². The lowest BCUT2D eigenvalue weighted by Crippen LogP contribution is -2.46. The zero-order valence-electron chi connectivity index (χ0n) is 11.9. The van der Waals surface area contributed by atoms with E-state index in [0.29, 0.717) is 18.6 Å². The summed E-state index contributed by atoms with van der Waals surface area (Å²) in [5, 5.41) is 0. The van der Waals surface area contributed by atoms with Gasteiger partial charge < -0.3 is 5.73 Å². The average Bonchev–Trinajstić information content (AvgIpc) is 2.37. The predicted molar refractivity (Wildman–Crippen MR) is 77.5 cm³/mol. The van der Waals surface area contributed by atoms with Gasteiger partial charge >= 0.3 is 0 Å². The number of benzene rings is 1. The summed E-state index contributed by atoms with van der Waals surface area (Å²) in [5.74, 6) is 0.776. The highest BCUT2D eigenvalue weighted by Crippen LogP contribution is 2.31. The quantitative estimate of drug-likeness (QED) is 0.888. The Morgan fingerprint density at radius 2 is 1.94 bits per heavy atom. The molecule has 3 atom stereocenters. The van der Waals surface area contributed by atoms with Gasteiger partial charge in [-0.1, -0.05) is 36.8 Å². The molecule has 0 aromatic heterocycles. The summed E-state index contributed by atoms with van der Waals surface area (Å²) in [7, 11) is 0. The van der Waals surface area contributed by atoms with E-state index in [1.54, 1.807) is 0 Å². The van der Waals surface area contributed by atoms with Gasteiger partial charge in [0.1, 0.15) is 0 Å². The van der Waals surface area contributed by atoms with Gasteiger partial charge in [-0.15, -0.1) is 0 Å². The molecule has 1 aromatic rings. The Bertz CT molecular complexity index is 371. The molecule has 3 unspecified atom stereocenters.